The van der Waals surface area contributed by atoms with Gasteiger partial charge in [-0.05, 0) is 78.2 Å². The fourth-order valence-electron chi connectivity index (χ4n) is 13.5. The van der Waals surface area contributed by atoms with E-state index in [1.165, 1.54) is 14.6 Å². The number of anilines is 4. The molecule has 0 radical (unpaired) electrons. The van der Waals surface area contributed by atoms with Crippen LogP contribution in [0, 0.1) is 45.9 Å². The molecule has 0 aliphatic carbocycles. The number of rotatable bonds is 25. The van der Waals surface area contributed by atoms with E-state index >= 15 is 0 Å². The fourth-order valence-corrected chi connectivity index (χ4v) is 13.5. The first-order valence-electron chi connectivity index (χ1n) is 36.4. The van der Waals surface area contributed by atoms with Crippen LogP contribution in [0.1, 0.15) is 40.3 Å². The fraction of sp³-hybridized carbons (Fsp3) is 0.325. The Morgan fingerprint density at radius 1 is 0.393 bits per heavy atom. The summed E-state index contributed by atoms with van der Waals surface area (Å²) in [6.45, 7) is 17.1. The highest BCUT2D eigenvalue weighted by Gasteiger charge is 2.26. The first-order valence-corrected chi connectivity index (χ1v) is 36.4. The Morgan fingerprint density at radius 2 is 0.723 bits per heavy atom. The number of pyridine rings is 9. The van der Waals surface area contributed by atoms with Crippen LogP contribution in [-0.4, -0.2) is 221 Å². The van der Waals surface area contributed by atoms with E-state index in [-0.39, 0.29) is 16.9 Å². The molecule has 0 spiro atoms. The molecule has 3 saturated heterocycles. The molecule has 576 valence electrons. The summed E-state index contributed by atoms with van der Waals surface area (Å²) in [6, 6.07) is 35.1. The van der Waals surface area contributed by atoms with Gasteiger partial charge in [-0.25, -0.2) is 43.5 Å². The van der Waals surface area contributed by atoms with Crippen molar-refractivity contribution < 1.29 is 46.7 Å². The lowest BCUT2D eigenvalue weighted by Gasteiger charge is -2.35. The number of halogens is 2. The second kappa shape index (κ2) is 36.5. The number of nitrogens with two attached hydrogens (primary N) is 1. The summed E-state index contributed by atoms with van der Waals surface area (Å²) >= 11 is 0. The van der Waals surface area contributed by atoms with Gasteiger partial charge in [-0.2, -0.15) is 24.6 Å². The minimum atomic E-state index is -0.823. The second-order valence-corrected chi connectivity index (χ2v) is 26.3. The zero-order chi connectivity index (χ0) is 78.0. The van der Waals surface area contributed by atoms with E-state index in [1.54, 1.807) is 83.2 Å². The van der Waals surface area contributed by atoms with Crippen LogP contribution in [0.5, 0.6) is 34.9 Å². The summed E-state index contributed by atoms with van der Waals surface area (Å²) in [5.74, 6) is 4.69. The van der Waals surface area contributed by atoms with Crippen LogP contribution in [-0.2, 0) is 29.1 Å². The van der Waals surface area contributed by atoms with Crippen LogP contribution in [0.15, 0.2) is 147 Å². The quantitative estimate of drug-likeness (QED) is 0.0521. The monoisotopic (exact) mass is 1520 g/mol. The Bertz CT molecular complexity index is 5060. The molecular weight excluding hydrogens is 1440 g/mol. The molecule has 12 aromatic rings. The first kappa shape index (κ1) is 77.3. The summed E-state index contributed by atoms with van der Waals surface area (Å²) in [5, 5.41) is 40.8. The van der Waals surface area contributed by atoms with Crippen molar-refractivity contribution in [2.24, 2.45) is 0 Å². The largest absolute Gasteiger partial charge is 0.492 e. The van der Waals surface area contributed by atoms with E-state index in [1.807, 2.05) is 117 Å². The minimum absolute atomic E-state index is 0.0969. The zero-order valence-corrected chi connectivity index (χ0v) is 63.0. The maximum atomic E-state index is 14.4. The summed E-state index contributed by atoms with van der Waals surface area (Å²) in [4.78, 5) is 41.0. The topological polar surface area (TPSA) is 320 Å². The number of aromatic nitrogens is 12. The Balaban J connectivity index is 0.000000147. The number of fused-ring (bicyclic) bond motifs is 3. The van der Waals surface area contributed by atoms with E-state index in [2.05, 4.69) is 76.8 Å². The van der Waals surface area contributed by atoms with Crippen molar-refractivity contribution in [3.8, 4) is 86.5 Å². The third-order valence-corrected chi connectivity index (χ3v) is 19.3. The van der Waals surface area contributed by atoms with Crippen LogP contribution >= 0.6 is 0 Å². The number of hydrogen-bond acceptors (Lipinski definition) is 27. The van der Waals surface area contributed by atoms with Crippen LogP contribution in [0.3, 0.4) is 0 Å². The lowest BCUT2D eigenvalue weighted by Crippen LogP contribution is -2.46. The molecule has 0 atom stereocenters. The molecule has 0 saturated carbocycles. The van der Waals surface area contributed by atoms with Crippen molar-refractivity contribution >= 4 is 39.8 Å². The standard InChI is InChI=1S/C27H28FN7O3.C27H30N8O3.C26H26FN7O2/c1-36-11-12-38-21-13-22(26-23(14-29)27(28)32-35(26)18-21)20-4-5-24(30-16-20)34-9-7-33(8-10-34)17-19-3-6-25(37-2)31-15-19;1-36-11-12-38-21-13-22(26-23(14-28)27(29)32-35(26)18-21)20-4-5-24(30-16-20)34-9-7-33(8-10-34)17-19-3-6-25(37-2)31-15-19;1-3-36-20-12-21(25-22(13-28)26(27)31-34(25)17-20)19-5-6-23(29-15-19)33-10-8-32(9-11-33)16-18-4-7-24(35-2)30-14-18/h3-6,13,15-16,18H,7-12,17H2,1-2H3;3-6,13,15-16,18H,7-12,17H2,1-2H3,(H2,29,32);4-7,12,14-15,17H,3,8-11,16H2,1-2H3. The molecule has 32 heteroatoms. The second-order valence-electron chi connectivity index (χ2n) is 26.3. The molecule has 30 nitrogen and oxygen atoms in total. The Morgan fingerprint density at radius 3 is 1.01 bits per heavy atom. The van der Waals surface area contributed by atoms with Crippen molar-refractivity contribution in [2.45, 2.75) is 26.6 Å². The van der Waals surface area contributed by atoms with Crippen molar-refractivity contribution in [3.05, 3.63) is 192 Å². The van der Waals surface area contributed by atoms with Crippen LogP contribution in [0.2, 0.25) is 0 Å². The summed E-state index contributed by atoms with van der Waals surface area (Å²) in [6.07, 6.45) is 15.7. The average Bonchev–Trinajstić information content (AvgIpc) is 1.61. The Labute approximate surface area is 645 Å². The van der Waals surface area contributed by atoms with Crippen molar-refractivity contribution in [3.63, 3.8) is 0 Å². The Kier molecular flexibility index (Phi) is 25.2. The number of nitrogens with zero attached hydrogens (tertiary/aromatic N) is 21. The van der Waals surface area contributed by atoms with Gasteiger partial charge in [-0.1, -0.05) is 18.2 Å². The summed E-state index contributed by atoms with van der Waals surface area (Å²) in [7, 11) is 8.05. The molecule has 12 aromatic heterocycles. The van der Waals surface area contributed by atoms with Gasteiger partial charge in [0.2, 0.25) is 17.6 Å². The number of ether oxygens (including phenoxy) is 8. The predicted molar refractivity (Wildman–Crippen MR) is 414 cm³/mol. The van der Waals surface area contributed by atoms with Crippen molar-refractivity contribution in [2.75, 3.05) is 168 Å². The number of piperazine rings is 3. The molecule has 0 aromatic carbocycles. The number of hydrogen-bond donors (Lipinski definition) is 1. The van der Waals surface area contributed by atoms with Gasteiger partial charge >= 0.3 is 0 Å². The van der Waals surface area contributed by atoms with Gasteiger partial charge in [0.25, 0.3) is 11.9 Å². The van der Waals surface area contributed by atoms with Gasteiger partial charge in [0, 0.05) is 201 Å². The molecule has 3 fully saturated rings. The summed E-state index contributed by atoms with van der Waals surface area (Å²) < 4.78 is 75.7. The SMILES string of the molecule is CCOc1cc(-c2ccc(N3CCN(Cc4ccc(OC)nc4)CC3)nc2)c2c(C#N)c(F)nn2c1.COCCOc1cc(-c2ccc(N3CCN(Cc4ccc(OC)nc4)CC3)nc2)c2c(C#N)c(F)nn2c1.COCCOc1cc(-c2ccc(N3CCN(Cc4ccc(OC)nc4)CC3)nc2)c2c(C#N)c(N)nn2c1. The molecular formula is C80H84F2N22O8. The maximum absolute atomic E-state index is 14.4. The molecule has 0 amide bonds. The first-order chi connectivity index (χ1) is 54.8. The number of nitrogen functional groups attached to an aromatic ring is 1. The molecule has 15 heterocycles. The van der Waals surface area contributed by atoms with Crippen LogP contribution in [0.4, 0.5) is 32.1 Å². The van der Waals surface area contributed by atoms with Gasteiger partial charge in [0.05, 0.1) is 76.3 Å². The lowest BCUT2D eigenvalue weighted by atomic mass is 10.0. The molecule has 0 unspecified atom stereocenters. The third kappa shape index (κ3) is 18.2. The number of nitriles is 3. The summed E-state index contributed by atoms with van der Waals surface area (Å²) in [5.41, 5.74) is 15.4. The number of methoxy groups -OCH3 is 5. The van der Waals surface area contributed by atoms with E-state index < -0.39 is 11.9 Å². The average molecular weight is 1520 g/mol. The van der Waals surface area contributed by atoms with E-state index in [9.17, 15) is 24.6 Å². The normalized spacial score (nSPS) is 14.0. The lowest BCUT2D eigenvalue weighted by molar-refractivity contribution is 0.146. The van der Waals surface area contributed by atoms with Crippen LogP contribution < -0.4 is 48.9 Å². The predicted octanol–water partition coefficient (Wildman–Crippen LogP) is 9.29. The minimum Gasteiger partial charge on any atom is -0.492 e. The molecule has 3 aliphatic rings. The Hall–Kier alpha value is -12.9. The van der Waals surface area contributed by atoms with Gasteiger partial charge in [0.1, 0.15) is 82.8 Å². The molecule has 15 rings (SSSR count). The maximum Gasteiger partial charge on any atom is 0.251 e. The molecule has 3 aliphatic heterocycles. The van der Waals surface area contributed by atoms with Crippen molar-refractivity contribution in [1.29, 1.82) is 15.8 Å². The van der Waals surface area contributed by atoms with Gasteiger partial charge in [-0.3, -0.25) is 14.7 Å². The van der Waals surface area contributed by atoms with Gasteiger partial charge in [0.15, 0.2) is 5.82 Å². The molecule has 0 bridgehead atoms. The highest BCUT2D eigenvalue weighted by Crippen LogP contribution is 2.37. The van der Waals surface area contributed by atoms with E-state index in [0.717, 1.165) is 149 Å². The zero-order valence-electron chi connectivity index (χ0n) is 63.0. The van der Waals surface area contributed by atoms with E-state index in [0.29, 0.717) is 101 Å². The van der Waals surface area contributed by atoms with E-state index in [4.69, 9.17) is 53.6 Å². The highest BCUT2D eigenvalue weighted by molar-refractivity contribution is 5.89. The molecule has 2 N–H and O–H groups in total. The molecule has 112 heavy (non-hydrogen) atoms. The van der Waals surface area contributed by atoms with Crippen LogP contribution in [0.25, 0.3) is 49.9 Å². The smallest absolute Gasteiger partial charge is 0.251 e. The van der Waals surface area contributed by atoms with Gasteiger partial charge < -0.3 is 58.3 Å². The third-order valence-electron chi connectivity index (χ3n) is 19.3. The van der Waals surface area contributed by atoms with Gasteiger partial charge in [-0.15, -0.1) is 15.3 Å². The highest BCUT2D eigenvalue weighted by atomic mass is 19.1. The van der Waals surface area contributed by atoms with Crippen molar-refractivity contribution in [1.82, 2.24) is 73.4 Å².